The molecule has 0 atom stereocenters. The van der Waals surface area contributed by atoms with Gasteiger partial charge in [0.2, 0.25) is 0 Å². The molecule has 1 heterocycles. The lowest BCUT2D eigenvalue weighted by Gasteiger charge is -2.00. The van der Waals surface area contributed by atoms with Gasteiger partial charge in [-0.1, -0.05) is 23.2 Å². The number of aliphatic hydroxyl groups is 1. The zero-order valence-electron chi connectivity index (χ0n) is 5.72. The Balaban J connectivity index is 2.90. The Morgan fingerprint density at radius 2 is 2.18 bits per heavy atom. The maximum atomic E-state index is 8.59. The molecule has 4 heteroatoms. The van der Waals surface area contributed by atoms with Gasteiger partial charge in [-0.15, -0.1) is 0 Å². The molecular weight excluding hydrogens is 185 g/mol. The smallest absolute Gasteiger partial charge is 0.130 e. The average Bonchev–Trinajstić information content (AvgIpc) is 1.95. The molecule has 0 fully saturated rings. The summed E-state index contributed by atoms with van der Waals surface area (Å²) in [5, 5.41) is 9.52. The molecule has 1 rings (SSSR count). The summed E-state index contributed by atoms with van der Waals surface area (Å²) in [4.78, 5) is 3.83. The molecule has 0 amide bonds. The molecule has 0 aromatic carbocycles. The molecule has 11 heavy (non-hydrogen) atoms. The number of rotatable bonds is 2. The highest BCUT2D eigenvalue weighted by molar-refractivity contribution is 6.34. The first-order valence-electron chi connectivity index (χ1n) is 3.15. The van der Waals surface area contributed by atoms with Gasteiger partial charge in [0, 0.05) is 17.8 Å². The maximum Gasteiger partial charge on any atom is 0.130 e. The summed E-state index contributed by atoms with van der Waals surface area (Å²) in [5.41, 5.74) is 0.818. The van der Waals surface area contributed by atoms with Crippen LogP contribution in [-0.4, -0.2) is 16.7 Å². The largest absolute Gasteiger partial charge is 0.396 e. The van der Waals surface area contributed by atoms with Gasteiger partial charge in [-0.25, -0.2) is 4.98 Å². The molecule has 0 unspecified atom stereocenters. The molecule has 0 aliphatic heterocycles. The van der Waals surface area contributed by atoms with E-state index in [2.05, 4.69) is 4.98 Å². The molecule has 0 saturated heterocycles. The van der Waals surface area contributed by atoms with Crippen molar-refractivity contribution in [3.63, 3.8) is 0 Å². The van der Waals surface area contributed by atoms with Crippen molar-refractivity contribution >= 4 is 23.2 Å². The summed E-state index contributed by atoms with van der Waals surface area (Å²) >= 11 is 11.3. The van der Waals surface area contributed by atoms with Crippen LogP contribution in [0.5, 0.6) is 0 Å². The second-order valence-electron chi connectivity index (χ2n) is 2.07. The van der Waals surface area contributed by atoms with Crippen molar-refractivity contribution in [2.24, 2.45) is 0 Å². The lowest BCUT2D eigenvalue weighted by atomic mass is 10.2. The van der Waals surface area contributed by atoms with Crippen molar-refractivity contribution in [3.05, 3.63) is 28.0 Å². The molecule has 1 aromatic rings. The van der Waals surface area contributed by atoms with Crippen LogP contribution in [0.4, 0.5) is 0 Å². The third-order valence-corrected chi connectivity index (χ3v) is 1.84. The fourth-order valence-electron chi connectivity index (χ4n) is 0.740. The van der Waals surface area contributed by atoms with E-state index in [1.807, 2.05) is 0 Å². The van der Waals surface area contributed by atoms with Crippen LogP contribution in [0.1, 0.15) is 5.56 Å². The Kier molecular flexibility index (Phi) is 3.12. The summed E-state index contributed by atoms with van der Waals surface area (Å²) in [6, 6.07) is 1.56. The topological polar surface area (TPSA) is 33.1 Å². The first-order valence-corrected chi connectivity index (χ1v) is 3.90. The minimum atomic E-state index is 0.0725. The summed E-state index contributed by atoms with van der Waals surface area (Å²) < 4.78 is 0. The van der Waals surface area contributed by atoms with Crippen LogP contribution < -0.4 is 0 Å². The van der Waals surface area contributed by atoms with Gasteiger partial charge in [0.15, 0.2) is 0 Å². The van der Waals surface area contributed by atoms with Crippen molar-refractivity contribution in [3.8, 4) is 0 Å². The number of halogens is 2. The molecule has 0 radical (unpaired) electrons. The summed E-state index contributed by atoms with van der Waals surface area (Å²) in [7, 11) is 0. The molecule has 0 bridgehead atoms. The van der Waals surface area contributed by atoms with E-state index in [-0.39, 0.29) is 6.61 Å². The minimum absolute atomic E-state index is 0.0725. The first-order chi connectivity index (χ1) is 5.24. The molecule has 1 N–H and O–H groups in total. The van der Waals surface area contributed by atoms with Crippen molar-refractivity contribution in [2.75, 3.05) is 6.61 Å². The number of nitrogens with zero attached hydrogens (tertiary/aromatic N) is 1. The van der Waals surface area contributed by atoms with Crippen molar-refractivity contribution < 1.29 is 5.11 Å². The monoisotopic (exact) mass is 191 g/mol. The third kappa shape index (κ3) is 2.33. The molecule has 0 spiro atoms. The molecular formula is C7H7Cl2NO. The number of aromatic nitrogens is 1. The summed E-state index contributed by atoms with van der Waals surface area (Å²) in [6.07, 6.45) is 2.09. The molecule has 0 aliphatic carbocycles. The van der Waals surface area contributed by atoms with Gasteiger partial charge in [0.25, 0.3) is 0 Å². The SMILES string of the molecule is OCCc1cnc(Cl)cc1Cl. The zero-order chi connectivity index (χ0) is 8.27. The molecule has 2 nitrogen and oxygen atoms in total. The molecule has 0 aliphatic rings. The Bertz CT molecular complexity index is 252. The van der Waals surface area contributed by atoms with E-state index in [0.29, 0.717) is 16.6 Å². The highest BCUT2D eigenvalue weighted by Gasteiger charge is 2.00. The van der Waals surface area contributed by atoms with E-state index >= 15 is 0 Å². The van der Waals surface area contributed by atoms with Crippen molar-refractivity contribution in [2.45, 2.75) is 6.42 Å². The van der Waals surface area contributed by atoms with Gasteiger partial charge in [-0.05, 0) is 18.1 Å². The van der Waals surface area contributed by atoms with Gasteiger partial charge in [0.05, 0.1) is 0 Å². The van der Waals surface area contributed by atoms with Crippen LogP contribution in [-0.2, 0) is 6.42 Å². The van der Waals surface area contributed by atoms with Gasteiger partial charge in [0.1, 0.15) is 5.15 Å². The Morgan fingerprint density at radius 1 is 1.45 bits per heavy atom. The van der Waals surface area contributed by atoms with Gasteiger partial charge >= 0.3 is 0 Å². The van der Waals surface area contributed by atoms with Crippen LogP contribution in [0.3, 0.4) is 0 Å². The standard InChI is InChI=1S/C7H7Cl2NO/c8-6-3-7(9)10-4-5(6)1-2-11/h3-4,11H,1-2H2. The summed E-state index contributed by atoms with van der Waals surface area (Å²) in [5.74, 6) is 0. The quantitative estimate of drug-likeness (QED) is 0.726. The second kappa shape index (κ2) is 3.90. The fourth-order valence-corrected chi connectivity index (χ4v) is 1.20. The molecule has 0 saturated carbocycles. The lowest BCUT2D eigenvalue weighted by Crippen LogP contribution is -1.92. The lowest BCUT2D eigenvalue weighted by molar-refractivity contribution is 0.299. The van der Waals surface area contributed by atoms with Crippen molar-refractivity contribution in [1.29, 1.82) is 0 Å². The Morgan fingerprint density at radius 3 is 2.73 bits per heavy atom. The van der Waals surface area contributed by atoms with Crippen molar-refractivity contribution in [1.82, 2.24) is 4.98 Å². The van der Waals surface area contributed by atoms with E-state index < -0.39 is 0 Å². The van der Waals surface area contributed by atoms with Gasteiger partial charge < -0.3 is 5.11 Å². The predicted octanol–water partition coefficient (Wildman–Crippen LogP) is 1.92. The maximum absolute atomic E-state index is 8.59. The zero-order valence-corrected chi connectivity index (χ0v) is 7.23. The van der Waals surface area contributed by atoms with E-state index in [1.54, 1.807) is 12.3 Å². The highest BCUT2D eigenvalue weighted by atomic mass is 35.5. The van der Waals surface area contributed by atoms with E-state index in [4.69, 9.17) is 28.3 Å². The predicted molar refractivity (Wildman–Crippen MR) is 45.0 cm³/mol. The average molecular weight is 192 g/mol. The minimum Gasteiger partial charge on any atom is -0.396 e. The van der Waals surface area contributed by atoms with Crippen LogP contribution in [0.15, 0.2) is 12.3 Å². The van der Waals surface area contributed by atoms with Crippen LogP contribution in [0.2, 0.25) is 10.2 Å². The molecule has 60 valence electrons. The van der Waals surface area contributed by atoms with E-state index in [0.717, 1.165) is 5.56 Å². The van der Waals surface area contributed by atoms with Gasteiger partial charge in [-0.2, -0.15) is 0 Å². The number of pyridine rings is 1. The van der Waals surface area contributed by atoms with Crippen LogP contribution in [0.25, 0.3) is 0 Å². The normalized spacial score (nSPS) is 10.1. The first kappa shape index (κ1) is 8.78. The number of hydrogen-bond donors (Lipinski definition) is 1. The third-order valence-electron chi connectivity index (χ3n) is 1.28. The number of hydrogen-bond acceptors (Lipinski definition) is 2. The Labute approximate surface area is 74.8 Å². The van der Waals surface area contributed by atoms with Crippen LogP contribution in [0, 0.1) is 0 Å². The number of aliphatic hydroxyl groups excluding tert-OH is 1. The van der Waals surface area contributed by atoms with E-state index in [1.165, 1.54) is 0 Å². The second-order valence-corrected chi connectivity index (χ2v) is 2.87. The van der Waals surface area contributed by atoms with Gasteiger partial charge in [-0.3, -0.25) is 0 Å². The van der Waals surface area contributed by atoms with E-state index in [9.17, 15) is 0 Å². The fraction of sp³-hybridized carbons (Fsp3) is 0.286. The van der Waals surface area contributed by atoms with Crippen LogP contribution >= 0.6 is 23.2 Å². The Hall–Kier alpha value is -0.310. The molecule has 1 aromatic heterocycles. The summed E-state index contributed by atoms with van der Waals surface area (Å²) in [6.45, 7) is 0.0725. The highest BCUT2D eigenvalue weighted by Crippen LogP contribution is 2.18.